The number of nitrogens with zero attached hydrogens (tertiary/aromatic N) is 2. The lowest BCUT2D eigenvalue weighted by atomic mass is 9.95. The van der Waals surface area contributed by atoms with Crippen molar-refractivity contribution in [2.24, 2.45) is 5.10 Å². The van der Waals surface area contributed by atoms with Crippen LogP contribution in [-0.2, 0) is 14.3 Å². The lowest BCUT2D eigenvalue weighted by Gasteiger charge is -2.28. The molecule has 0 spiro atoms. The summed E-state index contributed by atoms with van der Waals surface area (Å²) in [6.45, 7) is 2.98. The summed E-state index contributed by atoms with van der Waals surface area (Å²) in [7, 11) is 1.43. The molecular weight excluding hydrogens is 574 g/mol. The normalized spacial score (nSPS) is 14.6. The Morgan fingerprint density at radius 3 is 2.67 bits per heavy atom. The van der Waals surface area contributed by atoms with Crippen molar-refractivity contribution in [3.05, 3.63) is 63.3 Å². The Bertz CT molecular complexity index is 1350. The largest absolute Gasteiger partial charge is 0.493 e. The summed E-state index contributed by atoms with van der Waals surface area (Å²) in [6, 6.07) is 10.6. The molecule has 1 atom stereocenters. The summed E-state index contributed by atoms with van der Waals surface area (Å²) in [6.07, 6.45) is 1.38. The van der Waals surface area contributed by atoms with Gasteiger partial charge in [-0.3, -0.25) is 4.79 Å². The number of allylic oxidation sites excluding steroid dienone is 1. The number of hydrazone groups is 1. The van der Waals surface area contributed by atoms with E-state index in [1.165, 1.54) is 13.3 Å². The van der Waals surface area contributed by atoms with Crippen molar-refractivity contribution in [3.63, 3.8) is 0 Å². The lowest BCUT2D eigenvalue weighted by Crippen LogP contribution is -2.45. The minimum atomic E-state index is -0.779. The number of carbonyl (C=O) groups excluding carboxylic acids is 3. The van der Waals surface area contributed by atoms with E-state index >= 15 is 0 Å². The van der Waals surface area contributed by atoms with Crippen LogP contribution in [0.2, 0.25) is 0 Å². The number of nitriles is 1. The highest BCUT2D eigenvalue weighted by molar-refractivity contribution is 9.10. The Kier molecular flexibility index (Phi) is 10.3. The van der Waals surface area contributed by atoms with E-state index in [4.69, 9.17) is 24.2 Å². The van der Waals surface area contributed by atoms with E-state index in [-0.39, 0.29) is 36.9 Å². The van der Waals surface area contributed by atoms with E-state index in [9.17, 15) is 14.4 Å². The highest BCUT2D eigenvalue weighted by Crippen LogP contribution is 2.34. The first kappa shape index (κ1) is 29.0. The number of hydrogen-bond donors (Lipinski definition) is 3. The van der Waals surface area contributed by atoms with Crippen LogP contribution < -0.4 is 30.3 Å². The Labute approximate surface area is 233 Å². The van der Waals surface area contributed by atoms with Crippen molar-refractivity contribution in [3.8, 4) is 23.3 Å². The molecule has 2 aromatic rings. The highest BCUT2D eigenvalue weighted by Gasteiger charge is 2.32. The number of ether oxygens (including phenoxy) is 4. The smallest absolute Gasteiger partial charge is 0.338 e. The van der Waals surface area contributed by atoms with Crippen molar-refractivity contribution in [1.29, 1.82) is 5.26 Å². The predicted molar refractivity (Wildman–Crippen MR) is 143 cm³/mol. The number of methoxy groups -OCH3 is 1. The third-order valence-electron chi connectivity index (χ3n) is 5.30. The summed E-state index contributed by atoms with van der Waals surface area (Å²) in [5, 5.41) is 17.9. The second-order valence-electron chi connectivity index (χ2n) is 7.91. The lowest BCUT2D eigenvalue weighted by molar-refractivity contribution is -0.139. The SMILES string of the molecule is CCOC(=O)C1=C(C)NC(=O)N[C@@H]1c1ccc(OCC(=O)N/N=C\c2cc(Br)ccc2OCC#N)c(OC)c1. The molecule has 2 aromatic carbocycles. The zero-order chi connectivity index (χ0) is 28.4. The molecule has 12 nitrogen and oxygen atoms in total. The van der Waals surface area contributed by atoms with Crippen LogP contribution in [0.3, 0.4) is 0 Å². The molecule has 0 fully saturated rings. The Morgan fingerprint density at radius 1 is 1.18 bits per heavy atom. The molecule has 0 bridgehead atoms. The van der Waals surface area contributed by atoms with Crippen molar-refractivity contribution < 1.29 is 33.3 Å². The fourth-order valence-electron chi connectivity index (χ4n) is 3.62. The number of rotatable bonds is 11. The molecule has 0 saturated carbocycles. The van der Waals surface area contributed by atoms with Gasteiger partial charge in [0, 0.05) is 15.7 Å². The third kappa shape index (κ3) is 7.71. The molecule has 0 radical (unpaired) electrons. The summed E-state index contributed by atoms with van der Waals surface area (Å²) < 4.78 is 22.3. The molecule has 13 heteroatoms. The van der Waals surface area contributed by atoms with Gasteiger partial charge in [-0.25, -0.2) is 15.0 Å². The number of urea groups is 1. The van der Waals surface area contributed by atoms with Crippen LogP contribution >= 0.6 is 15.9 Å². The molecule has 1 heterocycles. The van der Waals surface area contributed by atoms with Crippen molar-refractivity contribution >= 4 is 40.1 Å². The van der Waals surface area contributed by atoms with Crippen LogP contribution in [0.15, 0.2) is 57.2 Å². The second kappa shape index (κ2) is 13.8. The number of esters is 1. The number of benzene rings is 2. The van der Waals surface area contributed by atoms with Gasteiger partial charge in [0.15, 0.2) is 24.7 Å². The fourth-order valence-corrected chi connectivity index (χ4v) is 4.00. The zero-order valence-electron chi connectivity index (χ0n) is 21.4. The van der Waals surface area contributed by atoms with Gasteiger partial charge in [0.2, 0.25) is 0 Å². The standard InChI is InChI=1S/C26H26BrN5O7/c1-4-37-25(34)23-15(2)30-26(35)31-24(23)16-5-7-20(21(12-16)36-3)39-14-22(33)32-29-13-17-11-18(27)6-8-19(17)38-10-9-28/h5-8,11-13,24H,4,10,14H2,1-3H3,(H,32,33)(H2,30,31,35)/b29-13-/t24-/m1/s1. The average molecular weight is 600 g/mol. The molecule has 0 unspecified atom stereocenters. The molecule has 0 aliphatic carbocycles. The van der Waals surface area contributed by atoms with E-state index in [1.54, 1.807) is 50.2 Å². The van der Waals surface area contributed by atoms with Gasteiger partial charge in [0.1, 0.15) is 11.8 Å². The number of nitrogens with one attached hydrogen (secondary N) is 3. The summed E-state index contributed by atoms with van der Waals surface area (Å²) in [5.41, 5.74) is 4.10. The van der Waals surface area contributed by atoms with Crippen LogP contribution in [0.1, 0.15) is 31.0 Å². The Hall–Kier alpha value is -4.57. The minimum absolute atomic E-state index is 0.132. The molecule has 1 aliphatic rings. The molecular formula is C26H26BrN5O7. The quantitative estimate of drug-likeness (QED) is 0.202. The maximum atomic E-state index is 12.6. The molecule has 204 valence electrons. The second-order valence-corrected chi connectivity index (χ2v) is 8.83. The topological polar surface area (TPSA) is 160 Å². The molecule has 39 heavy (non-hydrogen) atoms. The number of hydrogen-bond acceptors (Lipinski definition) is 9. The first-order chi connectivity index (χ1) is 18.8. The Balaban J connectivity index is 1.68. The number of amides is 3. The van der Waals surface area contributed by atoms with E-state index in [0.29, 0.717) is 22.6 Å². The molecule has 3 N–H and O–H groups in total. The fraction of sp³-hybridized carbons (Fsp3) is 0.269. The monoisotopic (exact) mass is 599 g/mol. The van der Waals surface area contributed by atoms with Crippen molar-refractivity contribution in [2.45, 2.75) is 19.9 Å². The van der Waals surface area contributed by atoms with Gasteiger partial charge < -0.3 is 29.6 Å². The van der Waals surface area contributed by atoms with Gasteiger partial charge in [-0.15, -0.1) is 0 Å². The van der Waals surface area contributed by atoms with Crippen molar-refractivity contribution in [2.75, 3.05) is 26.9 Å². The highest BCUT2D eigenvalue weighted by atomic mass is 79.9. The first-order valence-corrected chi connectivity index (χ1v) is 12.4. The van der Waals surface area contributed by atoms with Gasteiger partial charge in [0.25, 0.3) is 5.91 Å². The summed E-state index contributed by atoms with van der Waals surface area (Å²) in [4.78, 5) is 37.0. The van der Waals surface area contributed by atoms with E-state index < -0.39 is 23.9 Å². The van der Waals surface area contributed by atoms with Crippen LogP contribution in [0.25, 0.3) is 0 Å². The first-order valence-electron chi connectivity index (χ1n) is 11.6. The van der Waals surface area contributed by atoms with E-state index in [2.05, 4.69) is 37.1 Å². The zero-order valence-corrected chi connectivity index (χ0v) is 23.0. The Morgan fingerprint density at radius 2 is 1.95 bits per heavy atom. The third-order valence-corrected chi connectivity index (χ3v) is 5.79. The van der Waals surface area contributed by atoms with Gasteiger partial charge >= 0.3 is 12.0 Å². The maximum absolute atomic E-state index is 12.6. The van der Waals surface area contributed by atoms with Gasteiger partial charge in [-0.1, -0.05) is 22.0 Å². The van der Waals surface area contributed by atoms with Crippen LogP contribution in [0.5, 0.6) is 17.2 Å². The number of halogens is 1. The van der Waals surface area contributed by atoms with Crippen LogP contribution in [0, 0.1) is 11.3 Å². The van der Waals surface area contributed by atoms with Gasteiger partial charge in [0.05, 0.1) is 31.5 Å². The molecule has 1 aliphatic heterocycles. The minimum Gasteiger partial charge on any atom is -0.493 e. The molecule has 3 rings (SSSR count). The van der Waals surface area contributed by atoms with Crippen LogP contribution in [0.4, 0.5) is 4.79 Å². The van der Waals surface area contributed by atoms with Gasteiger partial charge in [-0.05, 0) is 49.7 Å². The molecule has 0 saturated heterocycles. The van der Waals surface area contributed by atoms with Crippen molar-refractivity contribution in [1.82, 2.24) is 16.1 Å². The maximum Gasteiger partial charge on any atom is 0.338 e. The molecule has 3 amide bonds. The summed E-state index contributed by atoms with van der Waals surface area (Å²) >= 11 is 3.35. The predicted octanol–water partition coefficient (Wildman–Crippen LogP) is 3.08. The molecule has 0 aromatic heterocycles. The average Bonchev–Trinajstić information content (AvgIpc) is 2.91. The van der Waals surface area contributed by atoms with Gasteiger partial charge in [-0.2, -0.15) is 10.4 Å². The summed E-state index contributed by atoms with van der Waals surface area (Å²) in [5.74, 6) is -0.125. The number of carbonyl (C=O) groups is 3. The van der Waals surface area contributed by atoms with Crippen LogP contribution in [-0.4, -0.2) is 51.1 Å². The van der Waals surface area contributed by atoms with E-state index in [1.807, 2.05) is 6.07 Å². The van der Waals surface area contributed by atoms with E-state index in [0.717, 1.165) is 4.47 Å².